The molecule has 3 aromatic carbocycles. The van der Waals surface area contributed by atoms with Crippen molar-refractivity contribution in [1.29, 1.82) is 0 Å². The number of pyridine rings is 1. The van der Waals surface area contributed by atoms with Crippen molar-refractivity contribution in [2.45, 2.75) is 59.5 Å². The Morgan fingerprint density at radius 1 is 0.927 bits per heavy atom. The molecule has 0 bridgehead atoms. The number of nitrogens with one attached hydrogen (secondary N) is 1. The number of carbonyl (C=O) groups excluding carboxylic acids is 1. The first-order valence-electron chi connectivity index (χ1n) is 13.7. The molecule has 1 unspecified atom stereocenters. The fraction of sp³-hybridized carbons (Fsp3) is 0.353. The van der Waals surface area contributed by atoms with Crippen molar-refractivity contribution in [3.8, 4) is 22.6 Å². The van der Waals surface area contributed by atoms with Crippen LogP contribution < -0.4 is 20.3 Å². The van der Waals surface area contributed by atoms with Crippen molar-refractivity contribution in [3.63, 3.8) is 0 Å². The van der Waals surface area contributed by atoms with Crippen molar-refractivity contribution in [1.82, 2.24) is 9.88 Å². The van der Waals surface area contributed by atoms with Crippen molar-refractivity contribution in [2.24, 2.45) is 5.41 Å². The van der Waals surface area contributed by atoms with Crippen molar-refractivity contribution in [2.75, 3.05) is 14.2 Å². The molecule has 4 aromatic rings. The van der Waals surface area contributed by atoms with Crippen LogP contribution in [0.3, 0.4) is 0 Å². The highest BCUT2D eigenvalue weighted by Gasteiger charge is 2.33. The van der Waals surface area contributed by atoms with Gasteiger partial charge in [0, 0.05) is 34.7 Å². The van der Waals surface area contributed by atoms with E-state index in [9.17, 15) is 14.0 Å². The van der Waals surface area contributed by atoms with Gasteiger partial charge in [-0.1, -0.05) is 62.7 Å². The minimum atomic E-state index is -0.982. The molecule has 0 aliphatic rings. The highest BCUT2D eigenvalue weighted by Crippen LogP contribution is 2.39. The van der Waals surface area contributed by atoms with E-state index in [0.717, 1.165) is 12.0 Å². The molecule has 0 saturated heterocycles. The first-order valence-corrected chi connectivity index (χ1v) is 13.7. The Morgan fingerprint density at radius 2 is 1.56 bits per heavy atom. The zero-order chi connectivity index (χ0) is 30.1. The molecule has 4 rings (SSSR count). The van der Waals surface area contributed by atoms with Crippen LogP contribution in [0.25, 0.3) is 22.0 Å². The van der Waals surface area contributed by atoms with Crippen LogP contribution in [-0.2, 0) is 4.79 Å². The van der Waals surface area contributed by atoms with Gasteiger partial charge in [0.05, 0.1) is 19.7 Å². The van der Waals surface area contributed by atoms with E-state index in [4.69, 9.17) is 9.47 Å². The Morgan fingerprint density at radius 3 is 2.12 bits per heavy atom. The van der Waals surface area contributed by atoms with Crippen LogP contribution in [0.15, 0.2) is 71.5 Å². The van der Waals surface area contributed by atoms with Crippen LogP contribution in [0.4, 0.5) is 4.39 Å². The number of aryl methyl sites for hydroxylation is 1. The third-order valence-electron chi connectivity index (χ3n) is 7.03. The third-order valence-corrected chi connectivity index (χ3v) is 7.03. The highest BCUT2D eigenvalue weighted by atomic mass is 19.1. The van der Waals surface area contributed by atoms with E-state index in [0.29, 0.717) is 39.1 Å². The summed E-state index contributed by atoms with van der Waals surface area (Å²) in [5.74, 6) is 0.246. The lowest BCUT2D eigenvalue weighted by molar-refractivity contribution is -0.125. The first-order chi connectivity index (χ1) is 19.2. The maximum atomic E-state index is 14.3. The van der Waals surface area contributed by atoms with Crippen LogP contribution in [0.1, 0.15) is 58.2 Å². The van der Waals surface area contributed by atoms with Gasteiger partial charge < -0.3 is 14.8 Å². The van der Waals surface area contributed by atoms with E-state index in [1.165, 1.54) is 37.0 Å². The summed E-state index contributed by atoms with van der Waals surface area (Å²) in [5.41, 5.74) is 2.42. The molecule has 1 N–H and O–H groups in total. The molecule has 1 aromatic heterocycles. The standard InChI is InChI=1S/C34H39FN2O4/c1-21-9-11-23(12-10-21)31(32(39)36-34(5,6)20-33(2,3)4)37-27-17-25(40-7)18-28(41-8)30(27)26(19-29(37)38)22-13-15-24(35)16-14-22/h9-19,31H,20H2,1-8H3,(H,36,39). The summed E-state index contributed by atoms with van der Waals surface area (Å²) in [6, 6.07) is 17.5. The smallest absolute Gasteiger partial charge is 0.252 e. The molecule has 7 heteroatoms. The van der Waals surface area contributed by atoms with Gasteiger partial charge in [-0.15, -0.1) is 0 Å². The SMILES string of the molecule is COc1cc(OC)c2c(-c3ccc(F)cc3)cc(=O)n(C(C(=O)NC(C)(C)CC(C)(C)C)c3ccc(C)cc3)c2c1. The average Bonchev–Trinajstić information content (AvgIpc) is 2.88. The normalized spacial score (nSPS) is 12.7. The topological polar surface area (TPSA) is 69.6 Å². The zero-order valence-electron chi connectivity index (χ0n) is 25.1. The lowest BCUT2D eigenvalue weighted by Crippen LogP contribution is -2.49. The lowest BCUT2D eigenvalue weighted by Gasteiger charge is -2.35. The summed E-state index contributed by atoms with van der Waals surface area (Å²) >= 11 is 0. The van der Waals surface area contributed by atoms with Gasteiger partial charge in [0.2, 0.25) is 5.91 Å². The number of rotatable bonds is 8. The Balaban J connectivity index is 2.04. The maximum absolute atomic E-state index is 14.3. The maximum Gasteiger partial charge on any atom is 0.252 e. The molecule has 1 heterocycles. The molecular formula is C34H39FN2O4. The van der Waals surface area contributed by atoms with E-state index in [1.807, 2.05) is 45.0 Å². The van der Waals surface area contributed by atoms with Crippen LogP contribution >= 0.6 is 0 Å². The second kappa shape index (κ2) is 11.4. The Kier molecular flexibility index (Phi) is 8.29. The number of fused-ring (bicyclic) bond motifs is 1. The van der Waals surface area contributed by atoms with E-state index in [-0.39, 0.29) is 22.7 Å². The summed E-state index contributed by atoms with van der Waals surface area (Å²) in [5, 5.41) is 3.83. The van der Waals surface area contributed by atoms with Crippen LogP contribution in [0, 0.1) is 18.2 Å². The fourth-order valence-corrected chi connectivity index (χ4v) is 5.76. The fourth-order valence-electron chi connectivity index (χ4n) is 5.76. The third kappa shape index (κ3) is 6.62. The average molecular weight is 559 g/mol. The number of nitrogens with zero attached hydrogens (tertiary/aromatic N) is 1. The molecule has 0 fully saturated rings. The minimum absolute atomic E-state index is 0.0305. The van der Waals surface area contributed by atoms with E-state index >= 15 is 0 Å². The molecule has 1 atom stereocenters. The summed E-state index contributed by atoms with van der Waals surface area (Å²) in [4.78, 5) is 28.4. The first kappa shape index (κ1) is 29.8. The van der Waals surface area contributed by atoms with Crippen molar-refractivity contribution >= 4 is 16.8 Å². The van der Waals surface area contributed by atoms with E-state index in [2.05, 4.69) is 26.1 Å². The summed E-state index contributed by atoms with van der Waals surface area (Å²) < 4.78 is 26.7. The number of methoxy groups -OCH3 is 2. The number of ether oxygens (including phenoxy) is 2. The Hall–Kier alpha value is -4.13. The highest BCUT2D eigenvalue weighted by molar-refractivity contribution is 6.01. The predicted molar refractivity (Wildman–Crippen MR) is 162 cm³/mol. The Labute approximate surface area is 241 Å². The molecule has 0 radical (unpaired) electrons. The minimum Gasteiger partial charge on any atom is -0.497 e. The molecule has 0 aliphatic carbocycles. The number of hydrogen-bond acceptors (Lipinski definition) is 4. The van der Waals surface area contributed by atoms with E-state index < -0.39 is 11.6 Å². The van der Waals surface area contributed by atoms with Gasteiger partial charge in [-0.05, 0) is 55.9 Å². The second-order valence-electron chi connectivity index (χ2n) is 12.4. The predicted octanol–water partition coefficient (Wildman–Crippen LogP) is 7.05. The number of benzene rings is 3. The van der Waals surface area contributed by atoms with Crippen LogP contribution in [-0.4, -0.2) is 30.2 Å². The second-order valence-corrected chi connectivity index (χ2v) is 12.4. The van der Waals surface area contributed by atoms with Gasteiger partial charge in [-0.2, -0.15) is 0 Å². The molecule has 0 aliphatic heterocycles. The molecular weight excluding hydrogens is 519 g/mol. The van der Waals surface area contributed by atoms with Gasteiger partial charge >= 0.3 is 0 Å². The van der Waals surface area contributed by atoms with Gasteiger partial charge in [-0.25, -0.2) is 4.39 Å². The molecule has 0 spiro atoms. The van der Waals surface area contributed by atoms with Gasteiger partial charge in [0.15, 0.2) is 0 Å². The monoisotopic (exact) mass is 558 g/mol. The van der Waals surface area contributed by atoms with E-state index in [1.54, 1.807) is 24.3 Å². The molecule has 6 nitrogen and oxygen atoms in total. The van der Waals surface area contributed by atoms with Crippen LogP contribution in [0.2, 0.25) is 0 Å². The number of aromatic nitrogens is 1. The number of halogens is 1. The van der Waals surface area contributed by atoms with Gasteiger partial charge in [-0.3, -0.25) is 14.2 Å². The molecule has 1 amide bonds. The number of amides is 1. The van der Waals surface area contributed by atoms with Crippen molar-refractivity contribution < 1.29 is 18.7 Å². The summed E-state index contributed by atoms with van der Waals surface area (Å²) in [6.45, 7) is 12.3. The van der Waals surface area contributed by atoms with Crippen LogP contribution in [0.5, 0.6) is 11.5 Å². The quantitative estimate of drug-likeness (QED) is 0.252. The Bertz CT molecular complexity index is 1610. The number of hydrogen-bond donors (Lipinski definition) is 1. The summed E-state index contributed by atoms with van der Waals surface area (Å²) in [7, 11) is 3.07. The number of carbonyl (C=O) groups is 1. The van der Waals surface area contributed by atoms with Gasteiger partial charge in [0.25, 0.3) is 5.56 Å². The largest absolute Gasteiger partial charge is 0.497 e. The van der Waals surface area contributed by atoms with Crippen molar-refractivity contribution in [3.05, 3.63) is 94.0 Å². The molecule has 216 valence electrons. The summed E-state index contributed by atoms with van der Waals surface area (Å²) in [6.07, 6.45) is 0.729. The molecule has 41 heavy (non-hydrogen) atoms. The zero-order valence-corrected chi connectivity index (χ0v) is 25.1. The van der Waals surface area contributed by atoms with Gasteiger partial charge in [0.1, 0.15) is 23.4 Å². The molecule has 0 saturated carbocycles. The lowest BCUT2D eigenvalue weighted by atomic mass is 9.81.